The van der Waals surface area contributed by atoms with E-state index >= 15 is 0 Å². The molecule has 2 aromatic heterocycles. The number of nitrogens with zero attached hydrogens (tertiary/aromatic N) is 6. The molecule has 8 nitrogen and oxygen atoms in total. The Morgan fingerprint density at radius 3 is 1.61 bits per heavy atom. The number of ketones is 1. The Labute approximate surface area is 349 Å². The van der Waals surface area contributed by atoms with Crippen LogP contribution in [0.5, 0.6) is 0 Å². The first-order valence-electron chi connectivity index (χ1n) is 17.8. The molecule has 0 spiro atoms. The van der Waals surface area contributed by atoms with Gasteiger partial charge in [0.2, 0.25) is 0 Å². The number of hydrogen-bond acceptors (Lipinski definition) is 6. The van der Waals surface area contributed by atoms with E-state index in [1.54, 1.807) is 64.0 Å². The second-order valence-electron chi connectivity index (χ2n) is 13.3. The van der Waals surface area contributed by atoms with E-state index in [1.807, 2.05) is 66.7 Å². The molecule has 2 saturated carbocycles. The molecule has 8 aromatic rings. The average molecular weight is 822 g/mol. The van der Waals surface area contributed by atoms with E-state index in [4.69, 9.17) is 0 Å². The molecule has 2 aliphatic rings. The van der Waals surface area contributed by atoms with E-state index in [2.05, 4.69) is 27.0 Å². The van der Waals surface area contributed by atoms with Gasteiger partial charge in [-0.25, -0.2) is 31.0 Å². The van der Waals surface area contributed by atoms with E-state index in [9.17, 15) is 18.7 Å². The number of carbonyl (C=O) groups is 1. The van der Waals surface area contributed by atoms with E-state index in [0.29, 0.717) is 27.8 Å². The van der Waals surface area contributed by atoms with E-state index in [1.165, 1.54) is 37.1 Å². The van der Waals surface area contributed by atoms with Crippen LogP contribution in [-0.4, -0.2) is 63.9 Å². The molecule has 2 heterocycles. The Hall–Kier alpha value is -5.14. The van der Waals surface area contributed by atoms with Crippen molar-refractivity contribution in [1.82, 2.24) is 30.0 Å². The van der Waals surface area contributed by atoms with Crippen LogP contribution in [0.15, 0.2) is 146 Å². The summed E-state index contributed by atoms with van der Waals surface area (Å²) in [6, 6.07) is 42.1. The predicted molar refractivity (Wildman–Crippen MR) is 209 cm³/mol. The van der Waals surface area contributed by atoms with Gasteiger partial charge in [0, 0.05) is 11.1 Å². The fraction of sp³-hybridized carbons (Fsp3) is 0.136. The van der Waals surface area contributed by atoms with Crippen molar-refractivity contribution in [2.75, 3.05) is 0 Å². The summed E-state index contributed by atoms with van der Waals surface area (Å²) in [7, 11) is 0. The van der Waals surface area contributed by atoms with Crippen molar-refractivity contribution in [2.24, 2.45) is 5.92 Å². The van der Waals surface area contributed by atoms with Crippen molar-refractivity contribution >= 4 is 50.9 Å². The van der Waals surface area contributed by atoms with Crippen LogP contribution in [0.3, 0.4) is 0 Å². The molecule has 0 amide bonds. The fourth-order valence-corrected chi connectivity index (χ4v) is 6.36. The van der Waals surface area contributed by atoms with Gasteiger partial charge in [-0.2, -0.15) is 0 Å². The number of fused-ring (bicyclic) bond motifs is 2. The maximum Gasteiger partial charge on any atom is 2.00 e. The Morgan fingerprint density at radius 2 is 1.11 bits per heavy atom. The van der Waals surface area contributed by atoms with Gasteiger partial charge in [-0.15, -0.1) is 10.2 Å². The number of aliphatic hydroxyl groups is 1. The van der Waals surface area contributed by atoms with Gasteiger partial charge in [-0.05, 0) is 109 Å². The zero-order chi connectivity index (χ0) is 37.1. The largest absolute Gasteiger partial charge is 2.00 e. The molecule has 12 heteroatoms. The van der Waals surface area contributed by atoms with Crippen LogP contribution in [-0.2, 0) is 5.60 Å². The molecule has 276 valence electrons. The van der Waals surface area contributed by atoms with Crippen LogP contribution in [0, 0.1) is 24.0 Å². The van der Waals surface area contributed by atoms with Gasteiger partial charge in [0.15, 0.2) is 5.78 Å². The number of carbonyl (C=O) groups excluding carboxylic acids is 1. The summed E-state index contributed by atoms with van der Waals surface area (Å²) in [5.41, 5.74) is 6.23. The summed E-state index contributed by atoms with van der Waals surface area (Å²) in [6.45, 7) is 0. The predicted octanol–water partition coefficient (Wildman–Crippen LogP) is 5.60. The minimum absolute atomic E-state index is 0. The number of hydrogen-bond donors (Lipinski definition) is 1. The van der Waals surface area contributed by atoms with Crippen LogP contribution in [0.2, 0.25) is 0 Å². The topological polar surface area (TPSA) is 98.7 Å². The Bertz CT molecular complexity index is 2540. The van der Waals surface area contributed by atoms with Crippen molar-refractivity contribution in [3.8, 4) is 11.4 Å². The number of halogens is 3. The Balaban J connectivity index is 0.000000172. The first-order chi connectivity index (χ1) is 26.4. The SMILES string of the molecule is O=C(c1ccccc1)c1ccc2c(c1)nnn2-c1ccc(F)cc1.OC(c1ccccc1)(c1ccc2c(c1)nnn2-c1ccc(F)cc1)C1CC1.[Br-].[CH-]1CC1.[Mg+2]. The molecule has 56 heavy (non-hydrogen) atoms. The average Bonchev–Trinajstić information content (AvgIpc) is 4.18. The number of rotatable bonds is 7. The van der Waals surface area contributed by atoms with Gasteiger partial charge >= 0.3 is 23.1 Å². The quantitative estimate of drug-likeness (QED) is 0.128. The molecular weight excluding hydrogens is 787 g/mol. The van der Waals surface area contributed by atoms with Gasteiger partial charge in [0.25, 0.3) is 0 Å². The summed E-state index contributed by atoms with van der Waals surface area (Å²) >= 11 is 0. The second-order valence-corrected chi connectivity index (χ2v) is 13.3. The van der Waals surface area contributed by atoms with Crippen LogP contribution in [0.25, 0.3) is 33.4 Å². The third-order valence-electron chi connectivity index (χ3n) is 9.44. The van der Waals surface area contributed by atoms with Crippen molar-refractivity contribution in [2.45, 2.75) is 31.3 Å². The zero-order valence-corrected chi connectivity index (χ0v) is 33.2. The maximum absolute atomic E-state index is 13.2. The molecule has 10 rings (SSSR count). The third kappa shape index (κ3) is 8.79. The van der Waals surface area contributed by atoms with Crippen molar-refractivity contribution < 1.29 is 35.7 Å². The summed E-state index contributed by atoms with van der Waals surface area (Å²) in [5.74, 6) is -0.444. The molecule has 0 aliphatic heterocycles. The summed E-state index contributed by atoms with van der Waals surface area (Å²) in [5, 5.41) is 28.3. The molecule has 0 saturated heterocycles. The molecule has 2 fully saturated rings. The van der Waals surface area contributed by atoms with Crippen molar-refractivity contribution in [1.29, 1.82) is 0 Å². The normalized spacial score (nSPS) is 13.8. The fourth-order valence-electron chi connectivity index (χ4n) is 6.36. The monoisotopic (exact) mass is 820 g/mol. The first kappa shape index (κ1) is 40.5. The van der Waals surface area contributed by atoms with Crippen LogP contribution in [0.1, 0.15) is 52.7 Å². The molecule has 6 aromatic carbocycles. The molecule has 1 atom stereocenters. The Morgan fingerprint density at radius 1 is 0.625 bits per heavy atom. The molecule has 0 bridgehead atoms. The smallest absolute Gasteiger partial charge is 1.00 e. The summed E-state index contributed by atoms with van der Waals surface area (Å²) in [4.78, 5) is 12.5. The third-order valence-corrected chi connectivity index (χ3v) is 9.44. The second kappa shape index (κ2) is 17.8. The number of aromatic nitrogens is 6. The zero-order valence-electron chi connectivity index (χ0n) is 30.2. The molecular formula is C44H35BrF2MgN6O2. The molecule has 2 aliphatic carbocycles. The van der Waals surface area contributed by atoms with Gasteiger partial charge < -0.3 is 28.5 Å². The molecule has 0 radical (unpaired) electrons. The van der Waals surface area contributed by atoms with Crippen LogP contribution < -0.4 is 17.0 Å². The van der Waals surface area contributed by atoms with Crippen LogP contribution in [0.4, 0.5) is 8.78 Å². The minimum Gasteiger partial charge on any atom is -1.00 e. The first-order valence-corrected chi connectivity index (χ1v) is 17.8. The van der Waals surface area contributed by atoms with Gasteiger partial charge in [-0.1, -0.05) is 77.2 Å². The van der Waals surface area contributed by atoms with Crippen LogP contribution >= 0.6 is 0 Å². The van der Waals surface area contributed by atoms with E-state index < -0.39 is 5.60 Å². The number of benzene rings is 6. The molecule has 1 N–H and O–H groups in total. The van der Waals surface area contributed by atoms with E-state index in [0.717, 1.165) is 40.7 Å². The van der Waals surface area contributed by atoms with Gasteiger partial charge in [-0.3, -0.25) is 4.79 Å². The molecule has 1 unspecified atom stereocenters. The van der Waals surface area contributed by atoms with Gasteiger partial charge in [0.1, 0.15) is 28.3 Å². The van der Waals surface area contributed by atoms with Crippen molar-refractivity contribution in [3.63, 3.8) is 0 Å². The summed E-state index contributed by atoms with van der Waals surface area (Å²) < 4.78 is 29.6. The summed E-state index contributed by atoms with van der Waals surface area (Å²) in [6.07, 6.45) is 7.01. The van der Waals surface area contributed by atoms with E-state index in [-0.39, 0.29) is 63.4 Å². The standard InChI is InChI=1S/C22H18FN3O.C19H12FN3O.C3H5.BrH.Mg/c23-18-9-11-19(12-10-18)26-21-13-8-17(14-20(21)24-25-26)22(27,16-6-7-16)15-4-2-1-3-5-15;20-15-7-9-16(10-8-15)23-18-11-6-14(12-17(18)21-22-23)19(24)13-4-2-1-3-5-13;1-2-3-1;;/h1-5,8-14,16,27H,6-7H2;1-12H;1H,2-3H2;1H;/q;;-1;;+2/p-1. The van der Waals surface area contributed by atoms with Gasteiger partial charge in [0.05, 0.1) is 22.4 Å². The Kier molecular flexibility index (Phi) is 12.9. The maximum atomic E-state index is 13.2. The van der Waals surface area contributed by atoms with Crippen molar-refractivity contribution in [3.05, 3.63) is 186 Å². The minimum atomic E-state index is -1.02.